The minimum atomic E-state index is -1.02. The first kappa shape index (κ1) is 30.8. The molecule has 4 aliphatic carbocycles. The Morgan fingerprint density at radius 3 is 2.57 bits per heavy atom. The summed E-state index contributed by atoms with van der Waals surface area (Å²) in [7, 11) is 0. The van der Waals surface area contributed by atoms with E-state index < -0.39 is 17.8 Å². The number of carbonyl (C=O) groups excluding carboxylic acids is 2. The number of nitrogens with zero attached hydrogens (tertiary/aromatic N) is 3. The number of halogens is 1. The van der Waals surface area contributed by atoms with Gasteiger partial charge in [-0.25, -0.2) is 14.2 Å². The lowest BCUT2D eigenvalue weighted by Crippen LogP contribution is -2.66. The van der Waals surface area contributed by atoms with E-state index in [1.165, 1.54) is 35.8 Å². The van der Waals surface area contributed by atoms with Crippen molar-refractivity contribution in [2.24, 2.45) is 23.0 Å². The third-order valence-electron chi connectivity index (χ3n) is 12.3. The Bertz CT molecular complexity index is 1690. The number of esters is 1. The number of aryl methyl sites for hydroxylation is 1. The Balaban J connectivity index is 0.961. The van der Waals surface area contributed by atoms with Gasteiger partial charge < -0.3 is 25.0 Å². The molecule has 2 bridgehead atoms. The molecule has 1 unspecified atom stereocenters. The molecule has 4 fully saturated rings. The Kier molecular flexibility index (Phi) is 7.56. The first-order chi connectivity index (χ1) is 22.7. The summed E-state index contributed by atoms with van der Waals surface area (Å²) in [6.07, 6.45) is 12.6. The lowest BCUT2D eigenvalue weighted by Gasteiger charge is -2.72. The number of imidazole rings is 1. The van der Waals surface area contributed by atoms with Crippen molar-refractivity contribution in [1.29, 1.82) is 0 Å². The number of aromatic nitrogens is 2. The topological polar surface area (TPSA) is 111 Å². The van der Waals surface area contributed by atoms with Crippen LogP contribution < -0.4 is 5.73 Å². The molecule has 3 N–H and O–H groups in total. The van der Waals surface area contributed by atoms with Crippen LogP contribution in [0.4, 0.5) is 4.39 Å². The number of carbonyl (C=O) groups is 2. The maximum Gasteiger partial charge on any atom is 0.335 e. The summed E-state index contributed by atoms with van der Waals surface area (Å²) >= 11 is 0. The van der Waals surface area contributed by atoms with Gasteiger partial charge in [-0.05, 0) is 123 Å². The Labute approximate surface area is 275 Å². The Hall–Kier alpha value is -3.56. The third-order valence-corrected chi connectivity index (χ3v) is 12.3. The van der Waals surface area contributed by atoms with Gasteiger partial charge in [0.15, 0.2) is 6.04 Å². The highest BCUT2D eigenvalue weighted by molar-refractivity contribution is 6.02. The van der Waals surface area contributed by atoms with E-state index >= 15 is 4.39 Å². The number of aliphatic hydroxyl groups excluding tert-OH is 1. The highest BCUT2D eigenvalue weighted by Crippen LogP contribution is 2.75. The smallest absolute Gasteiger partial charge is 0.335 e. The molecule has 0 saturated heterocycles. The fraction of sp³-hybridized carbons (Fsp3) is 0.553. The number of amides is 1. The van der Waals surface area contributed by atoms with Gasteiger partial charge in [0, 0.05) is 36.0 Å². The number of aliphatic hydroxyl groups is 1. The van der Waals surface area contributed by atoms with E-state index in [1.807, 2.05) is 16.7 Å². The molecular weight excluding hydrogens is 595 g/mol. The summed E-state index contributed by atoms with van der Waals surface area (Å²) < 4.78 is 23.1. The van der Waals surface area contributed by atoms with E-state index in [1.54, 1.807) is 19.3 Å². The zero-order valence-corrected chi connectivity index (χ0v) is 27.2. The molecule has 6 aliphatic rings. The van der Waals surface area contributed by atoms with Gasteiger partial charge in [0.25, 0.3) is 5.91 Å². The lowest BCUT2D eigenvalue weighted by atomic mass is 9.32. The quantitative estimate of drug-likeness (QED) is 0.270. The summed E-state index contributed by atoms with van der Waals surface area (Å²) in [4.78, 5) is 33.0. The van der Waals surface area contributed by atoms with E-state index in [4.69, 9.17) is 10.5 Å². The number of ether oxygens (including phenoxy) is 1. The Morgan fingerprint density at radius 1 is 1.13 bits per heavy atom. The average molecular weight is 641 g/mol. The SMILES string of the molecule is CCOC(=O)C(c1ncn2c1CCC2)N1Cc2c(F)cc(-c3ccc(C45CC(C[C@@H](N)C6CCC(CO)CC6)(C4)C5)cc3)cc2C1=O. The van der Waals surface area contributed by atoms with Crippen LogP contribution in [0.25, 0.3) is 11.1 Å². The van der Waals surface area contributed by atoms with Gasteiger partial charge in [0.05, 0.1) is 25.2 Å². The van der Waals surface area contributed by atoms with Gasteiger partial charge in [-0.2, -0.15) is 0 Å². The molecule has 3 heterocycles. The van der Waals surface area contributed by atoms with Crippen LogP contribution in [0, 0.1) is 23.1 Å². The normalized spacial score (nSPS) is 28.7. The van der Waals surface area contributed by atoms with Crippen molar-refractivity contribution in [3.63, 3.8) is 0 Å². The lowest BCUT2D eigenvalue weighted by molar-refractivity contribution is -0.152. The summed E-state index contributed by atoms with van der Waals surface area (Å²) in [5, 5.41) is 9.47. The van der Waals surface area contributed by atoms with Gasteiger partial charge in [-0.15, -0.1) is 0 Å². The maximum atomic E-state index is 15.7. The number of hydrogen-bond acceptors (Lipinski definition) is 6. The predicted molar refractivity (Wildman–Crippen MR) is 175 cm³/mol. The molecule has 1 aromatic heterocycles. The van der Waals surface area contributed by atoms with Gasteiger partial charge in [0.1, 0.15) is 5.82 Å². The highest BCUT2D eigenvalue weighted by atomic mass is 19.1. The average Bonchev–Trinajstić information content (AvgIpc) is 3.75. The molecule has 248 valence electrons. The molecule has 9 rings (SSSR count). The minimum absolute atomic E-state index is 0.00709. The largest absolute Gasteiger partial charge is 0.464 e. The zero-order valence-electron chi connectivity index (χ0n) is 27.2. The van der Waals surface area contributed by atoms with E-state index in [9.17, 15) is 14.7 Å². The molecule has 8 nitrogen and oxygen atoms in total. The number of fused-ring (bicyclic) bond motifs is 2. The van der Waals surface area contributed by atoms with Crippen LogP contribution in [0.3, 0.4) is 0 Å². The number of hydrogen-bond donors (Lipinski definition) is 2. The van der Waals surface area contributed by atoms with Crippen LogP contribution in [0.1, 0.15) is 104 Å². The minimum Gasteiger partial charge on any atom is -0.464 e. The Morgan fingerprint density at radius 2 is 1.87 bits per heavy atom. The van der Waals surface area contributed by atoms with Crippen molar-refractivity contribution in [1.82, 2.24) is 14.5 Å². The molecule has 2 atom stereocenters. The van der Waals surface area contributed by atoms with Gasteiger partial charge >= 0.3 is 5.97 Å². The second kappa shape index (κ2) is 11.5. The molecule has 47 heavy (non-hydrogen) atoms. The van der Waals surface area contributed by atoms with Crippen molar-refractivity contribution < 1.29 is 23.8 Å². The fourth-order valence-electron chi connectivity index (χ4n) is 9.90. The zero-order chi connectivity index (χ0) is 32.5. The fourth-order valence-corrected chi connectivity index (χ4v) is 9.90. The molecule has 0 spiro atoms. The van der Waals surface area contributed by atoms with Crippen molar-refractivity contribution >= 4 is 11.9 Å². The summed E-state index contributed by atoms with van der Waals surface area (Å²) in [5.74, 6) is -0.330. The van der Waals surface area contributed by atoms with Crippen molar-refractivity contribution in [2.75, 3.05) is 13.2 Å². The standard InChI is InChI=1S/C38H45FN4O4/c1-2-47-36(46)34(33-32-4-3-13-42(32)22-41-33)43-17-29-28(35(43)45)14-26(15-30(29)39)24-9-11-27(12-10-24)38-19-37(20-38,21-38)16-31(40)25-7-5-23(18-44)6-8-25/h9-12,14-15,22-23,25,31,34,44H,2-8,13,16-21,40H2,1H3/t23?,25?,31-,34?,37?,38?/m1/s1. The highest BCUT2D eigenvalue weighted by Gasteiger charge is 2.68. The van der Waals surface area contributed by atoms with Crippen LogP contribution >= 0.6 is 0 Å². The summed E-state index contributed by atoms with van der Waals surface area (Å²) in [6.45, 7) is 3.03. The first-order valence-corrected chi connectivity index (χ1v) is 17.5. The van der Waals surface area contributed by atoms with Gasteiger partial charge in [-0.3, -0.25) is 4.79 Å². The molecule has 4 saturated carbocycles. The number of nitrogens with two attached hydrogens (primary N) is 1. The van der Waals surface area contributed by atoms with Crippen LogP contribution in [-0.2, 0) is 34.5 Å². The summed E-state index contributed by atoms with van der Waals surface area (Å²) in [6, 6.07) is 10.9. The second-order valence-electron chi connectivity index (χ2n) is 15.2. The molecule has 0 radical (unpaired) electrons. The van der Waals surface area contributed by atoms with Crippen LogP contribution in [0.2, 0.25) is 0 Å². The van der Waals surface area contributed by atoms with Crippen LogP contribution in [0.15, 0.2) is 42.7 Å². The van der Waals surface area contributed by atoms with Crippen molar-refractivity contribution in [3.8, 4) is 11.1 Å². The van der Waals surface area contributed by atoms with Gasteiger partial charge in [-0.1, -0.05) is 24.3 Å². The number of rotatable bonds is 10. The van der Waals surface area contributed by atoms with E-state index in [2.05, 4.69) is 17.1 Å². The van der Waals surface area contributed by atoms with Crippen LogP contribution in [0.5, 0.6) is 0 Å². The van der Waals surface area contributed by atoms with Crippen LogP contribution in [-0.4, -0.2) is 50.7 Å². The maximum absolute atomic E-state index is 15.7. The van der Waals surface area contributed by atoms with E-state index in [0.29, 0.717) is 40.7 Å². The molecule has 2 aliphatic heterocycles. The monoisotopic (exact) mass is 640 g/mol. The van der Waals surface area contributed by atoms with E-state index in [-0.39, 0.29) is 36.1 Å². The second-order valence-corrected chi connectivity index (χ2v) is 15.2. The first-order valence-electron chi connectivity index (χ1n) is 17.5. The molecule has 3 aromatic rings. The predicted octanol–water partition coefficient (Wildman–Crippen LogP) is 5.83. The molecule has 1 amide bonds. The molecule has 9 heteroatoms. The van der Waals surface area contributed by atoms with Crippen molar-refractivity contribution in [3.05, 3.63) is 76.6 Å². The number of benzene rings is 2. The molecular formula is C38H45FN4O4. The van der Waals surface area contributed by atoms with E-state index in [0.717, 1.165) is 62.7 Å². The molecule has 2 aromatic carbocycles. The van der Waals surface area contributed by atoms with Crippen molar-refractivity contribution in [2.45, 2.75) is 102 Å². The third kappa shape index (κ3) is 5.03. The summed E-state index contributed by atoms with van der Waals surface area (Å²) in [5.41, 5.74) is 12.2. The van der Waals surface area contributed by atoms with Gasteiger partial charge in [0.2, 0.25) is 0 Å².